The van der Waals surface area contributed by atoms with E-state index in [2.05, 4.69) is 10.0 Å². The molecule has 2 N–H and O–H groups in total. The van der Waals surface area contributed by atoms with E-state index >= 15 is 0 Å². The lowest BCUT2D eigenvalue weighted by Crippen LogP contribution is -2.40. The highest BCUT2D eigenvalue weighted by Gasteiger charge is 2.25. The number of benzene rings is 1. The number of amides is 1. The zero-order valence-electron chi connectivity index (χ0n) is 15.1. The molecule has 1 aromatic rings. The van der Waals surface area contributed by atoms with Crippen LogP contribution in [0.5, 0.6) is 5.75 Å². The minimum atomic E-state index is -3.82. The zero-order valence-corrected chi connectivity index (χ0v) is 15.9. The molecule has 9 heteroatoms. The van der Waals surface area contributed by atoms with Crippen LogP contribution in [0, 0.1) is 0 Å². The summed E-state index contributed by atoms with van der Waals surface area (Å²) in [4.78, 5) is 24.2. The fourth-order valence-electron chi connectivity index (χ4n) is 2.79. The number of rotatable bonds is 7. The van der Waals surface area contributed by atoms with Crippen LogP contribution in [0.4, 0.5) is 0 Å². The van der Waals surface area contributed by atoms with E-state index in [0.29, 0.717) is 0 Å². The van der Waals surface area contributed by atoms with E-state index in [-0.39, 0.29) is 28.2 Å². The van der Waals surface area contributed by atoms with Gasteiger partial charge in [-0.15, -0.1) is 0 Å². The van der Waals surface area contributed by atoms with Crippen molar-refractivity contribution >= 4 is 21.9 Å². The van der Waals surface area contributed by atoms with Crippen LogP contribution in [0.3, 0.4) is 0 Å². The third kappa shape index (κ3) is 4.73. The molecule has 1 amide bonds. The number of ether oxygens (including phenoxy) is 2. The van der Waals surface area contributed by atoms with Crippen molar-refractivity contribution in [3.8, 4) is 5.75 Å². The molecule has 0 radical (unpaired) electrons. The summed E-state index contributed by atoms with van der Waals surface area (Å²) in [5.74, 6) is -1.04. The van der Waals surface area contributed by atoms with Crippen LogP contribution < -0.4 is 14.8 Å². The lowest BCUT2D eigenvalue weighted by molar-refractivity contribution is -0.129. The molecule has 1 aliphatic rings. The second kappa shape index (κ2) is 8.50. The molecule has 0 aromatic heterocycles. The Hall–Kier alpha value is -2.13. The van der Waals surface area contributed by atoms with Gasteiger partial charge in [0, 0.05) is 6.04 Å². The van der Waals surface area contributed by atoms with E-state index in [1.54, 1.807) is 0 Å². The van der Waals surface area contributed by atoms with Crippen molar-refractivity contribution in [1.29, 1.82) is 0 Å². The third-order valence-corrected chi connectivity index (χ3v) is 5.75. The number of hydrogen-bond acceptors (Lipinski definition) is 6. The molecule has 0 unspecified atom stereocenters. The first-order chi connectivity index (χ1) is 12.3. The van der Waals surface area contributed by atoms with Crippen molar-refractivity contribution in [3.63, 3.8) is 0 Å². The maximum absolute atomic E-state index is 12.3. The van der Waals surface area contributed by atoms with E-state index in [0.717, 1.165) is 31.7 Å². The van der Waals surface area contributed by atoms with E-state index in [9.17, 15) is 18.0 Å². The van der Waals surface area contributed by atoms with Gasteiger partial charge >= 0.3 is 5.97 Å². The molecule has 26 heavy (non-hydrogen) atoms. The SMILES string of the molecule is CNS(=O)(=O)c1cc(C(=O)O[C@H](C)C(=O)NC2CCCC2)ccc1OC. The Balaban J connectivity index is 2.11. The van der Waals surface area contributed by atoms with Crippen LogP contribution in [0.15, 0.2) is 23.1 Å². The molecule has 8 nitrogen and oxygen atoms in total. The molecule has 0 saturated heterocycles. The number of carbonyl (C=O) groups excluding carboxylic acids is 2. The second-order valence-electron chi connectivity index (χ2n) is 6.11. The highest BCUT2D eigenvalue weighted by molar-refractivity contribution is 7.89. The fourth-order valence-corrected chi connectivity index (χ4v) is 3.71. The minimum Gasteiger partial charge on any atom is -0.495 e. The monoisotopic (exact) mass is 384 g/mol. The van der Waals surface area contributed by atoms with Gasteiger partial charge in [-0.3, -0.25) is 4.79 Å². The predicted octanol–water partition coefficient (Wildman–Crippen LogP) is 1.21. The molecular formula is C17H24N2O6S. The number of carbonyl (C=O) groups is 2. The average Bonchev–Trinajstić information content (AvgIpc) is 3.13. The normalized spacial score (nSPS) is 16.1. The maximum atomic E-state index is 12.3. The molecule has 1 aromatic carbocycles. The summed E-state index contributed by atoms with van der Waals surface area (Å²) in [7, 11) is -1.23. The van der Waals surface area contributed by atoms with E-state index < -0.39 is 22.1 Å². The van der Waals surface area contributed by atoms with Crippen molar-refractivity contribution < 1.29 is 27.5 Å². The number of sulfonamides is 1. The molecule has 144 valence electrons. The summed E-state index contributed by atoms with van der Waals surface area (Å²) < 4.78 is 36.5. The molecule has 2 rings (SSSR count). The van der Waals surface area contributed by atoms with Gasteiger partial charge in [0.15, 0.2) is 6.10 Å². The highest BCUT2D eigenvalue weighted by atomic mass is 32.2. The standard InChI is InChI=1S/C17H24N2O6S/c1-11(16(20)19-13-6-4-5-7-13)25-17(21)12-8-9-14(24-3)15(10-12)26(22,23)18-2/h8-11,13,18H,4-7H2,1-3H3,(H,19,20)/t11-/m1/s1. The van der Waals surface area contributed by atoms with Gasteiger partial charge in [0.2, 0.25) is 10.0 Å². The summed E-state index contributed by atoms with van der Waals surface area (Å²) in [5, 5.41) is 2.86. The van der Waals surface area contributed by atoms with E-state index in [1.807, 2.05) is 0 Å². The van der Waals surface area contributed by atoms with Crippen LogP contribution in [0.25, 0.3) is 0 Å². The molecule has 1 aliphatic carbocycles. The third-order valence-electron chi connectivity index (χ3n) is 4.31. The first-order valence-electron chi connectivity index (χ1n) is 8.41. The fraction of sp³-hybridized carbons (Fsp3) is 0.529. The molecule has 0 bridgehead atoms. The molecule has 1 atom stereocenters. The topological polar surface area (TPSA) is 111 Å². The van der Waals surface area contributed by atoms with Crippen LogP contribution in [0.2, 0.25) is 0 Å². The number of esters is 1. The van der Waals surface area contributed by atoms with Gasteiger partial charge < -0.3 is 14.8 Å². The Labute approximate surface area is 153 Å². The van der Waals surface area contributed by atoms with Crippen molar-refractivity contribution in [3.05, 3.63) is 23.8 Å². The van der Waals surface area contributed by atoms with Crippen molar-refractivity contribution in [2.75, 3.05) is 14.2 Å². The summed E-state index contributed by atoms with van der Waals surface area (Å²) in [5.41, 5.74) is 0.0140. The number of hydrogen-bond donors (Lipinski definition) is 2. The van der Waals surface area contributed by atoms with Gasteiger partial charge in [0.1, 0.15) is 10.6 Å². The van der Waals surface area contributed by atoms with Crippen molar-refractivity contribution in [1.82, 2.24) is 10.0 Å². The van der Waals surface area contributed by atoms with E-state index in [4.69, 9.17) is 9.47 Å². The molecule has 0 aliphatic heterocycles. The molecular weight excluding hydrogens is 360 g/mol. The quantitative estimate of drug-likeness (QED) is 0.684. The molecule has 0 spiro atoms. The summed E-state index contributed by atoms with van der Waals surface area (Å²) >= 11 is 0. The molecule has 0 heterocycles. The Bertz CT molecular complexity index is 771. The Morgan fingerprint density at radius 2 is 1.88 bits per heavy atom. The van der Waals surface area contributed by atoms with Crippen LogP contribution in [0.1, 0.15) is 43.0 Å². The summed E-state index contributed by atoms with van der Waals surface area (Å²) in [6, 6.07) is 4.04. The lowest BCUT2D eigenvalue weighted by Gasteiger charge is -2.17. The van der Waals surface area contributed by atoms with Crippen molar-refractivity contribution in [2.24, 2.45) is 0 Å². The van der Waals surface area contributed by atoms with Crippen LogP contribution in [-0.2, 0) is 19.6 Å². The minimum absolute atomic E-state index is 0.0140. The Morgan fingerprint density at radius 1 is 1.23 bits per heavy atom. The summed E-state index contributed by atoms with van der Waals surface area (Å²) in [6.07, 6.45) is 3.03. The van der Waals surface area contributed by atoms with E-state index in [1.165, 1.54) is 33.2 Å². The average molecular weight is 384 g/mol. The maximum Gasteiger partial charge on any atom is 0.338 e. The Morgan fingerprint density at radius 3 is 2.46 bits per heavy atom. The molecule has 1 fully saturated rings. The van der Waals surface area contributed by atoms with Gasteiger partial charge in [-0.05, 0) is 45.0 Å². The van der Waals surface area contributed by atoms with Gasteiger partial charge in [-0.2, -0.15) is 0 Å². The first kappa shape index (κ1) is 20.2. The number of methoxy groups -OCH3 is 1. The second-order valence-corrected chi connectivity index (χ2v) is 7.97. The predicted molar refractivity (Wildman–Crippen MR) is 94.5 cm³/mol. The molecule has 1 saturated carbocycles. The van der Waals surface area contributed by atoms with Crippen LogP contribution >= 0.6 is 0 Å². The van der Waals surface area contributed by atoms with Gasteiger partial charge in [0.25, 0.3) is 5.91 Å². The number of nitrogens with one attached hydrogen (secondary N) is 2. The Kier molecular flexibility index (Phi) is 6.60. The van der Waals surface area contributed by atoms with Gasteiger partial charge in [0.05, 0.1) is 12.7 Å². The van der Waals surface area contributed by atoms with Crippen LogP contribution in [-0.4, -0.2) is 46.6 Å². The smallest absolute Gasteiger partial charge is 0.338 e. The lowest BCUT2D eigenvalue weighted by atomic mass is 10.2. The van der Waals surface area contributed by atoms with Crippen molar-refractivity contribution in [2.45, 2.75) is 49.6 Å². The first-order valence-corrected chi connectivity index (χ1v) is 9.89. The zero-order chi connectivity index (χ0) is 19.3. The largest absolute Gasteiger partial charge is 0.495 e. The van der Waals surface area contributed by atoms with Gasteiger partial charge in [-0.1, -0.05) is 12.8 Å². The summed E-state index contributed by atoms with van der Waals surface area (Å²) in [6.45, 7) is 1.48. The van der Waals surface area contributed by atoms with Gasteiger partial charge in [-0.25, -0.2) is 17.9 Å². The highest BCUT2D eigenvalue weighted by Crippen LogP contribution is 2.25.